The summed E-state index contributed by atoms with van der Waals surface area (Å²) < 4.78 is 0. The summed E-state index contributed by atoms with van der Waals surface area (Å²) in [6, 6.07) is 13.0. The summed E-state index contributed by atoms with van der Waals surface area (Å²) in [4.78, 5) is 42.8. The van der Waals surface area contributed by atoms with E-state index < -0.39 is 12.0 Å². The molecule has 0 radical (unpaired) electrons. The van der Waals surface area contributed by atoms with Gasteiger partial charge >= 0.3 is 12.0 Å². The van der Waals surface area contributed by atoms with Crippen molar-refractivity contribution < 1.29 is 19.5 Å². The van der Waals surface area contributed by atoms with Crippen LogP contribution in [0.2, 0.25) is 0 Å². The van der Waals surface area contributed by atoms with Crippen molar-refractivity contribution in [2.24, 2.45) is 5.92 Å². The van der Waals surface area contributed by atoms with Crippen molar-refractivity contribution in [1.29, 1.82) is 0 Å². The number of hydrogen-bond acceptors (Lipinski definition) is 6. The van der Waals surface area contributed by atoms with Gasteiger partial charge in [-0.2, -0.15) is 0 Å². The number of carbonyl (C=O) groups is 3. The molecule has 1 aromatic heterocycles. The predicted molar refractivity (Wildman–Crippen MR) is 144 cm³/mol. The monoisotopic (exact) mass is 523 g/mol. The quantitative estimate of drug-likeness (QED) is 0.200. The molecule has 1 fully saturated rings. The molecule has 0 saturated heterocycles. The number of thioether (sulfide) groups is 1. The molecule has 36 heavy (non-hydrogen) atoms. The third-order valence-corrected chi connectivity index (χ3v) is 8.28. The maximum atomic E-state index is 13.0. The summed E-state index contributed by atoms with van der Waals surface area (Å²) in [6.07, 6.45) is 6.36. The number of thiazole rings is 1. The summed E-state index contributed by atoms with van der Waals surface area (Å²) in [5, 5.41) is 14.9. The summed E-state index contributed by atoms with van der Waals surface area (Å²) >= 11 is 3.05. The van der Waals surface area contributed by atoms with Gasteiger partial charge in [0.1, 0.15) is 0 Å². The van der Waals surface area contributed by atoms with Crippen LogP contribution in [0.25, 0.3) is 0 Å². The Kier molecular flexibility index (Phi) is 8.77. The molecule has 2 aromatic carbocycles. The van der Waals surface area contributed by atoms with Crippen LogP contribution in [-0.4, -0.2) is 27.9 Å². The fourth-order valence-electron chi connectivity index (χ4n) is 4.22. The number of aryl methyl sites for hydroxylation is 2. The molecule has 0 atom stereocenters. The number of carbonyl (C=O) groups excluding carboxylic acids is 2. The number of Topliss-reactive ketones (excluding diaryl/α,β-unsaturated/α-hetero) is 1. The molecule has 4 rings (SSSR count). The molecule has 7 nitrogen and oxygen atoms in total. The van der Waals surface area contributed by atoms with Crippen LogP contribution in [0.4, 0.5) is 15.6 Å². The lowest BCUT2D eigenvalue weighted by atomic mass is 9.94. The molecule has 1 saturated carbocycles. The van der Waals surface area contributed by atoms with E-state index in [-0.39, 0.29) is 18.1 Å². The molecular formula is C27H29N3O4S2. The van der Waals surface area contributed by atoms with Gasteiger partial charge in [0.25, 0.3) is 0 Å². The van der Waals surface area contributed by atoms with E-state index in [2.05, 4.69) is 15.6 Å². The molecule has 0 unspecified atom stereocenters. The normalized spacial score (nSPS) is 13.5. The Balaban J connectivity index is 1.31. The maximum absolute atomic E-state index is 13.0. The largest absolute Gasteiger partial charge is 0.481 e. The van der Waals surface area contributed by atoms with Gasteiger partial charge in [-0.1, -0.05) is 36.6 Å². The van der Waals surface area contributed by atoms with Gasteiger partial charge in [-0.25, -0.2) is 9.78 Å². The number of nitrogens with zero attached hydrogens (tertiary/aromatic N) is 1. The van der Waals surface area contributed by atoms with Crippen LogP contribution >= 0.6 is 23.1 Å². The van der Waals surface area contributed by atoms with Crippen LogP contribution in [0.3, 0.4) is 0 Å². The zero-order valence-electron chi connectivity index (χ0n) is 20.1. The number of benzene rings is 2. The molecule has 3 N–H and O–H groups in total. The number of carboxylic acid groups (broad SMARTS) is 1. The first-order valence-electron chi connectivity index (χ1n) is 12.0. The molecule has 3 aromatic rings. The number of nitrogens with one attached hydrogen (secondary N) is 2. The lowest BCUT2D eigenvalue weighted by Crippen LogP contribution is -2.22. The number of urea groups is 1. The summed E-state index contributed by atoms with van der Waals surface area (Å²) in [6.45, 7) is 1.94. The molecule has 188 valence electrons. The van der Waals surface area contributed by atoms with E-state index in [1.54, 1.807) is 24.0 Å². The van der Waals surface area contributed by atoms with Crippen molar-refractivity contribution in [2.75, 3.05) is 10.6 Å². The van der Waals surface area contributed by atoms with Crippen LogP contribution in [0.1, 0.15) is 58.5 Å². The van der Waals surface area contributed by atoms with Crippen molar-refractivity contribution in [3.63, 3.8) is 0 Å². The number of ketones is 1. The lowest BCUT2D eigenvalue weighted by molar-refractivity contribution is -0.136. The van der Waals surface area contributed by atoms with Crippen molar-refractivity contribution in [1.82, 2.24) is 4.98 Å². The minimum atomic E-state index is -0.798. The van der Waals surface area contributed by atoms with Gasteiger partial charge in [-0.3, -0.25) is 14.9 Å². The van der Waals surface area contributed by atoms with Gasteiger partial charge in [-0.15, -0.1) is 23.1 Å². The summed E-state index contributed by atoms with van der Waals surface area (Å²) in [5.74, 6) is 0.0481. The highest BCUT2D eigenvalue weighted by molar-refractivity contribution is 7.98. The Labute approximate surface area is 218 Å². The van der Waals surface area contributed by atoms with Crippen LogP contribution in [-0.2, 0) is 17.0 Å². The topological polar surface area (TPSA) is 108 Å². The first-order valence-corrected chi connectivity index (χ1v) is 13.8. The van der Waals surface area contributed by atoms with Crippen LogP contribution in [0.5, 0.6) is 0 Å². The molecule has 0 aliphatic heterocycles. The Morgan fingerprint density at radius 1 is 1.08 bits per heavy atom. The number of carboxylic acids is 1. The predicted octanol–water partition coefficient (Wildman–Crippen LogP) is 6.78. The van der Waals surface area contributed by atoms with E-state index in [1.807, 2.05) is 43.3 Å². The van der Waals surface area contributed by atoms with Gasteiger partial charge in [0.05, 0.1) is 5.69 Å². The van der Waals surface area contributed by atoms with Gasteiger partial charge in [0.15, 0.2) is 10.9 Å². The zero-order chi connectivity index (χ0) is 25.5. The van der Waals surface area contributed by atoms with Gasteiger partial charge in [0, 0.05) is 39.6 Å². The van der Waals surface area contributed by atoms with E-state index in [0.717, 1.165) is 46.6 Å². The van der Waals surface area contributed by atoms with Crippen LogP contribution in [0, 0.1) is 12.8 Å². The molecule has 0 spiro atoms. The maximum Gasteiger partial charge on any atom is 0.325 e. The first-order chi connectivity index (χ1) is 17.4. The van der Waals surface area contributed by atoms with Crippen molar-refractivity contribution in [2.45, 2.75) is 56.1 Å². The van der Waals surface area contributed by atoms with E-state index >= 15 is 0 Å². The lowest BCUT2D eigenvalue weighted by Gasteiger charge is -2.14. The van der Waals surface area contributed by atoms with Crippen LogP contribution < -0.4 is 10.6 Å². The molecule has 1 aliphatic carbocycles. The number of aromatic nitrogens is 1. The number of rotatable bonds is 10. The Hall–Kier alpha value is -3.17. The van der Waals surface area contributed by atoms with Crippen molar-refractivity contribution in [3.05, 3.63) is 70.2 Å². The average Bonchev–Trinajstić information content (AvgIpc) is 3.55. The van der Waals surface area contributed by atoms with Gasteiger partial charge in [0.2, 0.25) is 0 Å². The highest BCUT2D eigenvalue weighted by Gasteiger charge is 2.26. The Morgan fingerprint density at radius 3 is 2.56 bits per heavy atom. The third-order valence-electron chi connectivity index (χ3n) is 6.12. The molecule has 2 amide bonds. The number of aliphatic carboxylic acids is 1. The second kappa shape index (κ2) is 12.2. The van der Waals surface area contributed by atoms with E-state index in [0.29, 0.717) is 28.6 Å². The molecule has 1 aliphatic rings. The first kappa shape index (κ1) is 25.9. The smallest absolute Gasteiger partial charge is 0.325 e. The van der Waals surface area contributed by atoms with E-state index in [4.69, 9.17) is 5.11 Å². The Morgan fingerprint density at radius 2 is 1.83 bits per heavy atom. The summed E-state index contributed by atoms with van der Waals surface area (Å²) in [5.41, 5.74) is 3.08. The molecule has 1 heterocycles. The Bertz CT molecular complexity index is 1230. The molecule has 0 bridgehead atoms. The average molecular weight is 524 g/mol. The number of anilines is 2. The van der Waals surface area contributed by atoms with Gasteiger partial charge < -0.3 is 10.4 Å². The molecule has 9 heteroatoms. The van der Waals surface area contributed by atoms with Crippen LogP contribution in [0.15, 0.2) is 53.6 Å². The number of hydrogen-bond donors (Lipinski definition) is 3. The minimum Gasteiger partial charge on any atom is -0.481 e. The van der Waals surface area contributed by atoms with E-state index in [1.165, 1.54) is 11.3 Å². The second-order valence-electron chi connectivity index (χ2n) is 8.93. The standard InChI is InChI=1S/C27H29N3O4S2/c1-17-6-12-23(22(14-17)25(33)19-4-2-3-5-19)29-26(34)30-27-28-15-21(36-27)16-35-20-10-7-18(8-11-20)9-13-24(31)32/h6-8,10-12,14-15,19H,2-5,9,13,16H2,1H3,(H,31,32)(H2,28,29,30,34). The molecular weight excluding hydrogens is 494 g/mol. The zero-order valence-corrected chi connectivity index (χ0v) is 21.7. The van der Waals surface area contributed by atoms with Crippen molar-refractivity contribution >= 4 is 51.7 Å². The van der Waals surface area contributed by atoms with E-state index in [9.17, 15) is 14.4 Å². The highest BCUT2D eigenvalue weighted by Crippen LogP contribution is 2.31. The van der Waals surface area contributed by atoms with Gasteiger partial charge in [-0.05, 0) is 56.0 Å². The second-order valence-corrected chi connectivity index (χ2v) is 11.1. The fraction of sp³-hybridized carbons (Fsp3) is 0.333. The summed E-state index contributed by atoms with van der Waals surface area (Å²) in [7, 11) is 0. The van der Waals surface area contributed by atoms with Crippen molar-refractivity contribution in [3.8, 4) is 0 Å². The SMILES string of the molecule is Cc1ccc(NC(=O)Nc2ncc(CSc3ccc(CCC(=O)O)cc3)s2)c(C(=O)C2CCCC2)c1. The fourth-order valence-corrected chi connectivity index (χ4v) is 5.95. The highest BCUT2D eigenvalue weighted by atomic mass is 32.2. The minimum absolute atomic E-state index is 0.0374. The number of amides is 2. The third kappa shape index (κ3) is 7.18.